The van der Waals surface area contributed by atoms with Gasteiger partial charge in [0.1, 0.15) is 0 Å². The molecule has 0 aliphatic heterocycles. The van der Waals surface area contributed by atoms with E-state index in [0.717, 1.165) is 55.0 Å². The van der Waals surface area contributed by atoms with E-state index >= 15 is 0 Å². The Hall–Kier alpha value is -0.873. The molecule has 0 saturated carbocycles. The third-order valence-electron chi connectivity index (χ3n) is 5.32. The number of carbonyl (C=O) groups excluding carboxylic acids is 1. The molecule has 0 fully saturated rings. The van der Waals surface area contributed by atoms with Gasteiger partial charge in [-0.15, -0.1) is 0 Å². The van der Waals surface area contributed by atoms with Crippen LogP contribution in [-0.2, 0) is 14.0 Å². The molecule has 0 aromatic carbocycles. The Morgan fingerprint density at radius 2 is 1.71 bits per heavy atom. The Bertz CT molecular complexity index is 454. The Labute approximate surface area is 129 Å². The number of fused-ring (bicyclic) bond motifs is 1. The number of esters is 1. The minimum absolute atomic E-state index is 0.215. The maximum Gasteiger partial charge on any atom is 0.337 e. The summed E-state index contributed by atoms with van der Waals surface area (Å²) in [7, 11) is -0.237. The largest absolute Gasteiger partial charge is 0.465 e. The molecule has 118 valence electrons. The molecular formula is C17H28O3Si. The second kappa shape index (κ2) is 6.49. The summed E-state index contributed by atoms with van der Waals surface area (Å²) in [5, 5.41) is 0. The predicted octanol–water partition coefficient (Wildman–Crippen LogP) is 4.36. The normalized spacial score (nSPS) is 25.1. The van der Waals surface area contributed by atoms with Crippen LogP contribution in [0.1, 0.15) is 46.5 Å². The summed E-state index contributed by atoms with van der Waals surface area (Å²) in [6.07, 6.45) is 8.16. The maximum absolute atomic E-state index is 12.1. The maximum atomic E-state index is 12.1. The monoisotopic (exact) mass is 308 g/mol. The van der Waals surface area contributed by atoms with E-state index in [2.05, 4.69) is 26.8 Å². The van der Waals surface area contributed by atoms with Crippen LogP contribution in [-0.4, -0.2) is 27.0 Å². The molecule has 0 N–H and O–H groups in total. The van der Waals surface area contributed by atoms with E-state index in [-0.39, 0.29) is 11.6 Å². The molecule has 0 saturated heterocycles. The number of methoxy groups -OCH3 is 1. The van der Waals surface area contributed by atoms with Gasteiger partial charge in [-0.3, -0.25) is 0 Å². The summed E-state index contributed by atoms with van der Waals surface area (Å²) in [6, 6.07) is 3.44. The molecular weight excluding hydrogens is 280 g/mol. The minimum Gasteiger partial charge on any atom is -0.465 e. The van der Waals surface area contributed by atoms with Gasteiger partial charge in [-0.25, -0.2) is 4.79 Å². The van der Waals surface area contributed by atoms with Crippen LogP contribution < -0.4 is 0 Å². The first-order valence-electron chi connectivity index (χ1n) is 8.26. The predicted molar refractivity (Wildman–Crippen MR) is 87.7 cm³/mol. The first kappa shape index (κ1) is 16.5. The smallest absolute Gasteiger partial charge is 0.337 e. The molecule has 1 atom stereocenters. The van der Waals surface area contributed by atoms with E-state index in [1.807, 2.05) is 6.08 Å². The number of ether oxygens (including phenoxy) is 1. The molecule has 2 aliphatic carbocycles. The summed E-state index contributed by atoms with van der Waals surface area (Å²) < 4.78 is 11.8. The Balaban J connectivity index is 2.32. The molecule has 0 spiro atoms. The molecule has 0 aromatic heterocycles. The third-order valence-corrected chi connectivity index (χ3v) is 10.0. The van der Waals surface area contributed by atoms with E-state index < -0.39 is 8.32 Å². The number of hydrogen-bond donors (Lipinski definition) is 0. The minimum atomic E-state index is -1.69. The van der Waals surface area contributed by atoms with E-state index in [1.165, 1.54) is 7.11 Å². The van der Waals surface area contributed by atoms with Gasteiger partial charge in [0.25, 0.3) is 0 Å². The summed E-state index contributed by atoms with van der Waals surface area (Å²) in [6.45, 7) is 6.77. The van der Waals surface area contributed by atoms with Gasteiger partial charge in [-0.05, 0) is 49.4 Å². The van der Waals surface area contributed by atoms with Crippen LogP contribution in [0.3, 0.4) is 0 Å². The van der Waals surface area contributed by atoms with Crippen molar-refractivity contribution in [1.29, 1.82) is 0 Å². The van der Waals surface area contributed by atoms with E-state index in [1.54, 1.807) is 0 Å². The summed E-state index contributed by atoms with van der Waals surface area (Å²) in [4.78, 5) is 12.1. The van der Waals surface area contributed by atoms with Gasteiger partial charge >= 0.3 is 5.97 Å². The van der Waals surface area contributed by atoms with Gasteiger partial charge < -0.3 is 9.16 Å². The molecule has 2 aliphatic rings. The summed E-state index contributed by atoms with van der Waals surface area (Å²) >= 11 is 0. The highest BCUT2D eigenvalue weighted by molar-refractivity contribution is 6.73. The first-order valence-corrected chi connectivity index (χ1v) is 10.8. The van der Waals surface area contributed by atoms with Crippen LogP contribution in [0.4, 0.5) is 0 Å². The highest BCUT2D eigenvalue weighted by Gasteiger charge is 2.47. The lowest BCUT2D eigenvalue weighted by molar-refractivity contribution is -0.136. The zero-order chi connectivity index (χ0) is 15.5. The van der Waals surface area contributed by atoms with Gasteiger partial charge in [0, 0.05) is 0 Å². The van der Waals surface area contributed by atoms with E-state index in [9.17, 15) is 4.79 Å². The van der Waals surface area contributed by atoms with Crippen molar-refractivity contribution in [3.8, 4) is 0 Å². The quantitative estimate of drug-likeness (QED) is 0.540. The van der Waals surface area contributed by atoms with Crippen LogP contribution in [0.5, 0.6) is 0 Å². The number of carbonyl (C=O) groups is 1. The third kappa shape index (κ3) is 2.88. The number of rotatable bonds is 6. The van der Waals surface area contributed by atoms with Crippen molar-refractivity contribution in [2.45, 2.75) is 70.2 Å². The van der Waals surface area contributed by atoms with Crippen LogP contribution in [0.15, 0.2) is 23.3 Å². The van der Waals surface area contributed by atoms with Crippen LogP contribution in [0.25, 0.3) is 0 Å². The average Bonchev–Trinajstić information content (AvgIpc) is 2.95. The molecule has 21 heavy (non-hydrogen) atoms. The molecule has 0 aromatic rings. The molecule has 2 rings (SSSR count). The van der Waals surface area contributed by atoms with Crippen molar-refractivity contribution in [2.75, 3.05) is 7.11 Å². The van der Waals surface area contributed by atoms with Gasteiger partial charge in [0.2, 0.25) is 0 Å². The van der Waals surface area contributed by atoms with E-state index in [0.29, 0.717) is 0 Å². The highest BCUT2D eigenvalue weighted by atomic mass is 28.4. The zero-order valence-electron chi connectivity index (χ0n) is 13.8. The molecule has 3 nitrogen and oxygen atoms in total. The molecule has 1 unspecified atom stereocenters. The number of hydrogen-bond acceptors (Lipinski definition) is 3. The van der Waals surface area contributed by atoms with Crippen molar-refractivity contribution >= 4 is 14.3 Å². The molecule has 0 bridgehead atoms. The molecule has 0 radical (unpaired) electrons. The summed E-state index contributed by atoms with van der Waals surface area (Å²) in [5.74, 6) is -0.215. The van der Waals surface area contributed by atoms with Crippen molar-refractivity contribution in [1.82, 2.24) is 0 Å². The lowest BCUT2D eigenvalue weighted by Gasteiger charge is -2.44. The van der Waals surface area contributed by atoms with E-state index in [4.69, 9.17) is 9.16 Å². The van der Waals surface area contributed by atoms with Gasteiger partial charge in [-0.2, -0.15) is 0 Å². The SMILES string of the molecule is CC[Si](CC)(CC)OC12CCC=C(C(=O)OC)C1=CCC2. The van der Waals surface area contributed by atoms with Crippen LogP contribution in [0, 0.1) is 0 Å². The topological polar surface area (TPSA) is 35.5 Å². The number of allylic oxidation sites excluding steroid dienone is 2. The fraction of sp³-hybridized carbons (Fsp3) is 0.706. The first-order chi connectivity index (χ1) is 10.1. The highest BCUT2D eigenvalue weighted by Crippen LogP contribution is 2.48. The average molecular weight is 308 g/mol. The summed E-state index contributed by atoms with van der Waals surface area (Å²) in [5.41, 5.74) is 1.63. The Kier molecular flexibility index (Phi) is 5.10. The van der Waals surface area contributed by atoms with Gasteiger partial charge in [-0.1, -0.05) is 32.9 Å². The van der Waals surface area contributed by atoms with Crippen LogP contribution >= 0.6 is 0 Å². The molecule has 0 heterocycles. The molecule has 0 amide bonds. The lowest BCUT2D eigenvalue weighted by Crippen LogP contribution is -2.48. The molecule has 4 heteroatoms. The van der Waals surface area contributed by atoms with Crippen molar-refractivity contribution in [3.63, 3.8) is 0 Å². The van der Waals surface area contributed by atoms with Crippen LogP contribution in [0.2, 0.25) is 18.1 Å². The lowest BCUT2D eigenvalue weighted by atomic mass is 9.81. The fourth-order valence-corrected chi connectivity index (χ4v) is 6.86. The second-order valence-corrected chi connectivity index (χ2v) is 10.8. The Morgan fingerprint density at radius 3 is 2.24 bits per heavy atom. The Morgan fingerprint density at radius 1 is 1.14 bits per heavy atom. The van der Waals surface area contributed by atoms with Gasteiger partial charge in [0.05, 0.1) is 18.3 Å². The van der Waals surface area contributed by atoms with Crippen molar-refractivity contribution in [3.05, 3.63) is 23.3 Å². The van der Waals surface area contributed by atoms with Gasteiger partial charge in [0.15, 0.2) is 8.32 Å². The standard InChI is InChI=1S/C17H28O3Si/c1-5-21(6-2,7-3)20-17-12-8-10-14(16(18)19-4)15(17)11-9-13-17/h10-11H,5-9,12-13H2,1-4H3. The van der Waals surface area contributed by atoms with Crippen molar-refractivity contribution < 1.29 is 14.0 Å². The zero-order valence-corrected chi connectivity index (χ0v) is 14.8. The van der Waals surface area contributed by atoms with Crippen molar-refractivity contribution in [2.24, 2.45) is 0 Å². The second-order valence-electron chi connectivity index (χ2n) is 6.14. The fourth-order valence-electron chi connectivity index (χ4n) is 3.79.